The van der Waals surface area contributed by atoms with Crippen molar-refractivity contribution in [1.82, 2.24) is 9.88 Å². The number of carbonyl (C=O) groups excluding carboxylic acids is 1. The summed E-state index contributed by atoms with van der Waals surface area (Å²) in [5.41, 5.74) is 1.99. The summed E-state index contributed by atoms with van der Waals surface area (Å²) in [4.78, 5) is 18.7. The van der Waals surface area contributed by atoms with Crippen molar-refractivity contribution in [3.63, 3.8) is 0 Å². The molecule has 2 bridgehead atoms. The van der Waals surface area contributed by atoms with E-state index in [0.717, 1.165) is 41.7 Å². The van der Waals surface area contributed by atoms with Crippen molar-refractivity contribution < 1.29 is 14.3 Å². The molecule has 0 radical (unpaired) electrons. The predicted octanol–water partition coefficient (Wildman–Crippen LogP) is 3.79. The maximum atomic E-state index is 11.7. The zero-order valence-electron chi connectivity index (χ0n) is 16.6. The Morgan fingerprint density at radius 2 is 2.29 bits per heavy atom. The van der Waals surface area contributed by atoms with Gasteiger partial charge in [-0.25, -0.2) is 0 Å². The zero-order chi connectivity index (χ0) is 19.7. The summed E-state index contributed by atoms with van der Waals surface area (Å²) >= 11 is 0. The van der Waals surface area contributed by atoms with Gasteiger partial charge >= 0.3 is 0 Å². The molecule has 3 aliphatic rings. The highest BCUT2D eigenvalue weighted by Gasteiger charge is 2.43. The number of hydrogen-bond acceptors (Lipinski definition) is 5. The number of hydrogen-bond donors (Lipinski definition) is 0. The lowest BCUT2D eigenvalue weighted by molar-refractivity contribution is -0.128. The van der Waals surface area contributed by atoms with Gasteiger partial charge in [-0.05, 0) is 68.0 Å². The molecule has 3 saturated heterocycles. The molecule has 5 rings (SSSR count). The van der Waals surface area contributed by atoms with Gasteiger partial charge in [0, 0.05) is 24.2 Å². The van der Waals surface area contributed by atoms with Crippen LogP contribution in [-0.2, 0) is 9.53 Å². The van der Waals surface area contributed by atoms with Crippen molar-refractivity contribution in [3.05, 3.63) is 48.7 Å². The van der Waals surface area contributed by atoms with E-state index >= 15 is 0 Å². The van der Waals surface area contributed by atoms with Crippen LogP contribution in [0.25, 0.3) is 10.9 Å². The van der Waals surface area contributed by atoms with Crippen molar-refractivity contribution in [3.8, 4) is 5.75 Å². The molecule has 0 saturated carbocycles. The van der Waals surface area contributed by atoms with Crippen LogP contribution < -0.4 is 4.74 Å². The summed E-state index contributed by atoms with van der Waals surface area (Å²) in [6, 6.07) is 8.20. The standard InChI is InChI=1S/C23H28N2O3/c1-4-16-13-25-10-8-17(16)11-22(25)23(28-14-15(2)26)19-7-9-24-21-6-5-18(27-3)12-20(19)21/h4-7,9,12,16-17,22-23H,1,8,10-11,13-14H2,2-3H3/t16?,17?,22?,23-/m1/s1. The molecular weight excluding hydrogens is 352 g/mol. The van der Waals surface area contributed by atoms with Crippen LogP contribution in [0.2, 0.25) is 0 Å². The van der Waals surface area contributed by atoms with Crippen molar-refractivity contribution >= 4 is 16.7 Å². The average Bonchev–Trinajstić information content (AvgIpc) is 2.73. The van der Waals surface area contributed by atoms with Gasteiger partial charge in [0.25, 0.3) is 0 Å². The van der Waals surface area contributed by atoms with Gasteiger partial charge in [0.05, 0.1) is 18.7 Å². The van der Waals surface area contributed by atoms with Gasteiger partial charge in [0.1, 0.15) is 12.4 Å². The highest BCUT2D eigenvalue weighted by atomic mass is 16.5. The second-order valence-corrected chi connectivity index (χ2v) is 7.96. The van der Waals surface area contributed by atoms with E-state index in [1.807, 2.05) is 30.5 Å². The van der Waals surface area contributed by atoms with Gasteiger partial charge in [-0.2, -0.15) is 0 Å². The Kier molecular flexibility index (Phi) is 5.47. The van der Waals surface area contributed by atoms with Gasteiger partial charge in [-0.3, -0.25) is 14.7 Å². The molecule has 1 aromatic heterocycles. The topological polar surface area (TPSA) is 51.7 Å². The molecule has 4 heterocycles. The third-order valence-electron chi connectivity index (χ3n) is 6.26. The zero-order valence-corrected chi connectivity index (χ0v) is 16.6. The van der Waals surface area contributed by atoms with E-state index in [4.69, 9.17) is 9.47 Å². The molecule has 3 fully saturated rings. The first kappa shape index (κ1) is 19.1. The molecule has 5 nitrogen and oxygen atoms in total. The first-order valence-corrected chi connectivity index (χ1v) is 10.0. The summed E-state index contributed by atoms with van der Waals surface area (Å²) in [6.07, 6.45) is 6.03. The molecule has 2 aromatic rings. The Labute approximate surface area is 166 Å². The molecule has 5 heteroatoms. The van der Waals surface area contributed by atoms with E-state index in [1.165, 1.54) is 6.42 Å². The smallest absolute Gasteiger partial charge is 0.155 e. The second kappa shape index (κ2) is 8.02. The lowest BCUT2D eigenvalue weighted by Gasteiger charge is -2.51. The van der Waals surface area contributed by atoms with Crippen LogP contribution in [0.3, 0.4) is 0 Å². The number of ether oxygens (including phenoxy) is 2. The minimum Gasteiger partial charge on any atom is -0.497 e. The van der Waals surface area contributed by atoms with Gasteiger partial charge in [0.15, 0.2) is 5.78 Å². The number of benzene rings is 1. The number of Topliss-reactive ketones (excluding diaryl/α,β-unsaturated/α-hetero) is 1. The van der Waals surface area contributed by atoms with Crippen LogP contribution in [0.4, 0.5) is 0 Å². The Morgan fingerprint density at radius 1 is 1.43 bits per heavy atom. The lowest BCUT2D eigenvalue weighted by atomic mass is 9.73. The first-order valence-electron chi connectivity index (χ1n) is 10.0. The average molecular weight is 380 g/mol. The third kappa shape index (κ3) is 3.56. The van der Waals surface area contributed by atoms with Crippen molar-refractivity contribution in [2.24, 2.45) is 11.8 Å². The van der Waals surface area contributed by atoms with E-state index < -0.39 is 0 Å². The third-order valence-corrected chi connectivity index (χ3v) is 6.26. The van der Waals surface area contributed by atoms with Crippen LogP contribution >= 0.6 is 0 Å². The molecule has 3 aliphatic heterocycles. The quantitative estimate of drug-likeness (QED) is 0.684. The van der Waals surface area contributed by atoms with Crippen molar-refractivity contribution in [1.29, 1.82) is 0 Å². The number of ketones is 1. The molecule has 4 unspecified atom stereocenters. The maximum Gasteiger partial charge on any atom is 0.155 e. The molecule has 148 valence electrons. The normalized spacial score (nSPS) is 27.5. The number of rotatable bonds is 7. The number of piperidine rings is 3. The number of nitrogens with zero attached hydrogens (tertiary/aromatic N) is 2. The molecule has 0 N–H and O–H groups in total. The Morgan fingerprint density at radius 3 is 2.96 bits per heavy atom. The van der Waals surface area contributed by atoms with Crippen LogP contribution in [-0.4, -0.2) is 48.5 Å². The molecule has 5 atom stereocenters. The maximum absolute atomic E-state index is 11.7. The minimum absolute atomic E-state index is 0.0425. The van der Waals surface area contributed by atoms with E-state index in [0.29, 0.717) is 11.8 Å². The molecule has 0 spiro atoms. The summed E-state index contributed by atoms with van der Waals surface area (Å²) in [5.74, 6) is 2.02. The predicted molar refractivity (Wildman–Crippen MR) is 109 cm³/mol. The lowest BCUT2D eigenvalue weighted by Crippen LogP contribution is -2.55. The number of methoxy groups -OCH3 is 1. The molecular formula is C23H28N2O3. The summed E-state index contributed by atoms with van der Waals surface area (Å²) < 4.78 is 11.7. The Balaban J connectivity index is 1.74. The molecule has 1 aromatic carbocycles. The van der Waals surface area contributed by atoms with Crippen molar-refractivity contribution in [2.45, 2.75) is 31.9 Å². The fraction of sp³-hybridized carbons (Fsp3) is 0.478. The number of pyridine rings is 1. The van der Waals surface area contributed by atoms with Crippen LogP contribution in [0, 0.1) is 11.8 Å². The summed E-state index contributed by atoms with van der Waals surface area (Å²) in [6.45, 7) is 7.82. The second-order valence-electron chi connectivity index (χ2n) is 7.96. The van der Waals surface area contributed by atoms with Gasteiger partial charge in [-0.15, -0.1) is 6.58 Å². The monoisotopic (exact) mass is 380 g/mol. The first-order chi connectivity index (χ1) is 13.6. The summed E-state index contributed by atoms with van der Waals surface area (Å²) in [7, 11) is 1.67. The van der Waals surface area contributed by atoms with E-state index in [-0.39, 0.29) is 24.5 Å². The molecule has 0 aliphatic carbocycles. The Bertz CT molecular complexity index is 881. The molecule has 28 heavy (non-hydrogen) atoms. The number of carbonyl (C=O) groups is 1. The van der Waals surface area contributed by atoms with E-state index in [1.54, 1.807) is 14.0 Å². The largest absolute Gasteiger partial charge is 0.497 e. The summed E-state index contributed by atoms with van der Waals surface area (Å²) in [5, 5.41) is 1.03. The SMILES string of the molecule is C=CC1CN2CCC1CC2[C@H](OCC(C)=O)c1ccnc2ccc(OC)cc12. The Hall–Kier alpha value is -2.24. The van der Waals surface area contributed by atoms with Crippen molar-refractivity contribution in [2.75, 3.05) is 26.8 Å². The van der Waals surface area contributed by atoms with Gasteiger partial charge < -0.3 is 9.47 Å². The van der Waals surface area contributed by atoms with Gasteiger partial charge in [0.2, 0.25) is 0 Å². The highest BCUT2D eigenvalue weighted by molar-refractivity contribution is 5.84. The number of aromatic nitrogens is 1. The fourth-order valence-corrected chi connectivity index (χ4v) is 4.83. The minimum atomic E-state index is -0.171. The van der Waals surface area contributed by atoms with Gasteiger partial charge in [-0.1, -0.05) is 6.08 Å². The number of fused-ring (bicyclic) bond motifs is 4. The van der Waals surface area contributed by atoms with Crippen LogP contribution in [0.1, 0.15) is 31.4 Å². The van der Waals surface area contributed by atoms with E-state index in [9.17, 15) is 4.79 Å². The molecule has 0 amide bonds. The fourth-order valence-electron chi connectivity index (χ4n) is 4.83. The van der Waals surface area contributed by atoms with E-state index in [2.05, 4.69) is 22.5 Å². The van der Waals surface area contributed by atoms with Crippen LogP contribution in [0.5, 0.6) is 5.75 Å². The van der Waals surface area contributed by atoms with Crippen LogP contribution in [0.15, 0.2) is 43.1 Å². The highest BCUT2D eigenvalue weighted by Crippen LogP contribution is 2.43.